The minimum absolute atomic E-state index is 0.142. The van der Waals surface area contributed by atoms with Crippen molar-refractivity contribution in [2.45, 2.75) is 12.5 Å². The Hall–Kier alpha value is -0.270. The highest BCUT2D eigenvalue weighted by molar-refractivity contribution is 14.1. The summed E-state index contributed by atoms with van der Waals surface area (Å²) in [5, 5.41) is 12.7. The molecule has 5 heteroatoms. The van der Waals surface area contributed by atoms with E-state index in [-0.39, 0.29) is 12.5 Å². The van der Waals surface area contributed by atoms with E-state index >= 15 is 0 Å². The summed E-state index contributed by atoms with van der Waals surface area (Å²) in [5.41, 5.74) is -0.219. The van der Waals surface area contributed by atoms with Crippen molar-refractivity contribution in [3.63, 3.8) is 0 Å². The normalized spacial score (nSPS) is 14.1. The topological polar surface area (TPSA) is 49.3 Å². The third-order valence-electron chi connectivity index (χ3n) is 2.20. The van der Waals surface area contributed by atoms with E-state index in [0.717, 1.165) is 3.57 Å². The maximum atomic E-state index is 11.9. The molecular weight excluding hydrogens is 349 g/mol. The van der Waals surface area contributed by atoms with Crippen molar-refractivity contribution in [1.82, 2.24) is 5.32 Å². The van der Waals surface area contributed by atoms with E-state index in [0.29, 0.717) is 11.3 Å². The lowest BCUT2D eigenvalue weighted by Gasteiger charge is -2.22. The summed E-state index contributed by atoms with van der Waals surface area (Å²) < 4.78 is 0.909. The smallest absolute Gasteiger partial charge is 0.252 e. The number of nitrogens with one attached hydrogen (secondary N) is 1. The van der Waals surface area contributed by atoms with Gasteiger partial charge in [0.1, 0.15) is 0 Å². The van der Waals surface area contributed by atoms with Gasteiger partial charge in [-0.3, -0.25) is 4.79 Å². The molecular formula is C12H16INO2S. The molecule has 0 radical (unpaired) electrons. The fraction of sp³-hybridized carbons (Fsp3) is 0.417. The minimum atomic E-state index is -0.866. The number of aliphatic hydroxyl groups is 1. The predicted molar refractivity (Wildman–Crippen MR) is 80.5 cm³/mol. The SMILES string of the molecule is CSCC(C)(O)CNC(=O)c1ccccc1I. The number of thioether (sulfide) groups is 1. The van der Waals surface area contributed by atoms with Gasteiger partial charge in [-0.15, -0.1) is 0 Å². The van der Waals surface area contributed by atoms with Crippen molar-refractivity contribution in [3.05, 3.63) is 33.4 Å². The molecule has 94 valence electrons. The van der Waals surface area contributed by atoms with Gasteiger partial charge in [-0.05, 0) is 47.9 Å². The lowest BCUT2D eigenvalue weighted by molar-refractivity contribution is 0.0724. The summed E-state index contributed by atoms with van der Waals surface area (Å²) in [4.78, 5) is 11.9. The van der Waals surface area contributed by atoms with Crippen molar-refractivity contribution < 1.29 is 9.90 Å². The van der Waals surface area contributed by atoms with Crippen molar-refractivity contribution in [1.29, 1.82) is 0 Å². The summed E-state index contributed by atoms with van der Waals surface area (Å²) in [6.45, 7) is 1.98. The fourth-order valence-electron chi connectivity index (χ4n) is 1.37. The zero-order chi connectivity index (χ0) is 12.9. The molecule has 1 atom stereocenters. The average Bonchev–Trinajstić information content (AvgIpc) is 2.27. The predicted octanol–water partition coefficient (Wildman–Crippen LogP) is 2.13. The number of carbonyl (C=O) groups excluding carboxylic acids is 1. The van der Waals surface area contributed by atoms with Crippen LogP contribution in [-0.4, -0.2) is 35.2 Å². The molecule has 3 nitrogen and oxygen atoms in total. The number of hydrogen-bond donors (Lipinski definition) is 2. The Morgan fingerprint density at radius 2 is 2.18 bits per heavy atom. The van der Waals surface area contributed by atoms with Crippen LogP contribution in [0.25, 0.3) is 0 Å². The summed E-state index contributed by atoms with van der Waals surface area (Å²) >= 11 is 3.68. The molecule has 0 aliphatic heterocycles. The Kier molecular flexibility index (Phi) is 5.75. The average molecular weight is 365 g/mol. The van der Waals surface area contributed by atoms with Gasteiger partial charge < -0.3 is 10.4 Å². The lowest BCUT2D eigenvalue weighted by Crippen LogP contribution is -2.42. The Morgan fingerprint density at radius 3 is 2.76 bits per heavy atom. The molecule has 0 spiro atoms. The molecule has 0 bridgehead atoms. The van der Waals surface area contributed by atoms with E-state index in [1.165, 1.54) is 0 Å². The molecule has 1 aromatic carbocycles. The highest BCUT2D eigenvalue weighted by Crippen LogP contribution is 2.12. The Morgan fingerprint density at radius 1 is 1.53 bits per heavy atom. The number of hydrogen-bond acceptors (Lipinski definition) is 3. The number of rotatable bonds is 5. The summed E-state index contributed by atoms with van der Waals surface area (Å²) in [5.74, 6) is 0.454. The molecule has 0 heterocycles. The third-order valence-corrected chi connectivity index (χ3v) is 4.05. The van der Waals surface area contributed by atoms with Crippen molar-refractivity contribution in [3.8, 4) is 0 Å². The molecule has 1 amide bonds. The highest BCUT2D eigenvalue weighted by atomic mass is 127. The van der Waals surface area contributed by atoms with Gasteiger partial charge in [0, 0.05) is 15.9 Å². The standard InChI is InChI=1S/C12H16INO2S/c1-12(16,8-17-2)7-14-11(15)9-5-3-4-6-10(9)13/h3-6,16H,7-8H2,1-2H3,(H,14,15). The molecule has 0 aliphatic carbocycles. The number of carbonyl (C=O) groups is 1. The minimum Gasteiger partial charge on any atom is -0.387 e. The van der Waals surface area contributed by atoms with E-state index < -0.39 is 5.60 Å². The molecule has 0 saturated heterocycles. The van der Waals surface area contributed by atoms with Crippen molar-refractivity contribution in [2.24, 2.45) is 0 Å². The first-order chi connectivity index (χ1) is 7.96. The summed E-state index contributed by atoms with van der Waals surface area (Å²) in [7, 11) is 0. The highest BCUT2D eigenvalue weighted by Gasteiger charge is 2.21. The largest absolute Gasteiger partial charge is 0.387 e. The van der Waals surface area contributed by atoms with Crippen LogP contribution in [0, 0.1) is 3.57 Å². The van der Waals surface area contributed by atoms with Gasteiger partial charge in [-0.2, -0.15) is 11.8 Å². The first-order valence-electron chi connectivity index (χ1n) is 5.20. The van der Waals surface area contributed by atoms with Crippen LogP contribution in [-0.2, 0) is 0 Å². The summed E-state index contributed by atoms with van der Waals surface area (Å²) in [6.07, 6.45) is 1.93. The molecule has 1 unspecified atom stereocenters. The quantitative estimate of drug-likeness (QED) is 0.787. The van der Waals surface area contributed by atoms with Crippen LogP contribution in [0.5, 0.6) is 0 Å². The Bertz CT molecular complexity index is 396. The fourth-order valence-corrected chi connectivity index (χ4v) is 2.73. The van der Waals surface area contributed by atoms with Gasteiger partial charge in [-0.25, -0.2) is 0 Å². The maximum absolute atomic E-state index is 11.9. The van der Waals surface area contributed by atoms with Gasteiger partial charge in [-0.1, -0.05) is 12.1 Å². The van der Waals surface area contributed by atoms with Gasteiger partial charge >= 0.3 is 0 Å². The molecule has 17 heavy (non-hydrogen) atoms. The zero-order valence-electron chi connectivity index (χ0n) is 9.87. The molecule has 1 rings (SSSR count). The summed E-state index contributed by atoms with van der Waals surface area (Å²) in [6, 6.07) is 7.38. The molecule has 0 aromatic heterocycles. The molecule has 0 fully saturated rings. The van der Waals surface area contributed by atoms with Crippen molar-refractivity contribution >= 4 is 40.3 Å². The van der Waals surface area contributed by atoms with Gasteiger partial charge in [0.25, 0.3) is 5.91 Å². The van der Waals surface area contributed by atoms with E-state index in [4.69, 9.17) is 0 Å². The number of benzene rings is 1. The van der Waals surface area contributed by atoms with Crippen molar-refractivity contribution in [2.75, 3.05) is 18.6 Å². The van der Waals surface area contributed by atoms with Crippen LogP contribution in [0.3, 0.4) is 0 Å². The van der Waals surface area contributed by atoms with Crippen LogP contribution in [0.2, 0.25) is 0 Å². The van der Waals surface area contributed by atoms with E-state index in [1.807, 2.05) is 24.5 Å². The van der Waals surface area contributed by atoms with Crippen LogP contribution in [0.1, 0.15) is 17.3 Å². The number of halogens is 1. The Labute approximate surface area is 120 Å². The van der Waals surface area contributed by atoms with Crippen LogP contribution < -0.4 is 5.32 Å². The van der Waals surface area contributed by atoms with E-state index in [2.05, 4.69) is 27.9 Å². The second kappa shape index (κ2) is 6.61. The van der Waals surface area contributed by atoms with Gasteiger partial charge in [0.15, 0.2) is 0 Å². The maximum Gasteiger partial charge on any atom is 0.252 e. The number of amides is 1. The lowest BCUT2D eigenvalue weighted by atomic mass is 10.1. The van der Waals surface area contributed by atoms with Gasteiger partial charge in [0.05, 0.1) is 11.2 Å². The van der Waals surface area contributed by atoms with E-state index in [9.17, 15) is 9.90 Å². The molecule has 0 saturated carbocycles. The first-order valence-corrected chi connectivity index (χ1v) is 7.67. The second-order valence-corrected chi connectivity index (χ2v) is 6.12. The van der Waals surface area contributed by atoms with E-state index in [1.54, 1.807) is 24.8 Å². The van der Waals surface area contributed by atoms with Crippen LogP contribution in [0.15, 0.2) is 24.3 Å². The Balaban J connectivity index is 2.59. The second-order valence-electron chi connectivity index (χ2n) is 4.09. The van der Waals surface area contributed by atoms with Crippen LogP contribution in [0.4, 0.5) is 0 Å². The molecule has 2 N–H and O–H groups in total. The molecule has 0 aliphatic rings. The zero-order valence-corrected chi connectivity index (χ0v) is 12.8. The van der Waals surface area contributed by atoms with Crippen LogP contribution >= 0.6 is 34.4 Å². The monoisotopic (exact) mass is 365 g/mol. The first kappa shape index (κ1) is 14.8. The van der Waals surface area contributed by atoms with Gasteiger partial charge in [0.2, 0.25) is 0 Å². The molecule has 1 aromatic rings. The third kappa shape index (κ3) is 4.85.